The second-order valence-electron chi connectivity index (χ2n) is 8.33. The van der Waals surface area contributed by atoms with Gasteiger partial charge >= 0.3 is 0 Å². The fraction of sp³-hybridized carbons (Fsp3) is 0.571. The Morgan fingerprint density at radius 1 is 0.960 bits per heavy atom. The summed E-state index contributed by atoms with van der Waals surface area (Å²) >= 11 is 0. The van der Waals surface area contributed by atoms with Crippen LogP contribution in [0.5, 0.6) is 5.75 Å². The summed E-state index contributed by atoms with van der Waals surface area (Å²) in [6.07, 6.45) is 2.46. The molecule has 3 nitrogen and oxygen atoms in total. The zero-order valence-corrected chi connectivity index (χ0v) is 17.4. The highest BCUT2D eigenvalue weighted by molar-refractivity contribution is 6.78. The SMILES string of the molecule is CC(C)[Si](Oc1ccc(-c2cc(C3CC3)on2)cc1)(C(C)C)C(C)C. The summed E-state index contributed by atoms with van der Waals surface area (Å²) in [6, 6.07) is 10.5. The molecule has 0 radical (unpaired) electrons. The van der Waals surface area contributed by atoms with Crippen molar-refractivity contribution in [3.63, 3.8) is 0 Å². The van der Waals surface area contributed by atoms with Gasteiger partial charge in [-0.2, -0.15) is 0 Å². The molecule has 136 valence electrons. The molecular formula is C21H31NO2Si. The number of benzene rings is 1. The lowest BCUT2D eigenvalue weighted by Crippen LogP contribution is -2.50. The van der Waals surface area contributed by atoms with E-state index in [0.29, 0.717) is 22.5 Å². The summed E-state index contributed by atoms with van der Waals surface area (Å²) in [5.74, 6) is 2.61. The van der Waals surface area contributed by atoms with Crippen molar-refractivity contribution in [1.29, 1.82) is 0 Å². The van der Waals surface area contributed by atoms with Gasteiger partial charge in [-0.25, -0.2) is 0 Å². The zero-order valence-electron chi connectivity index (χ0n) is 16.4. The fourth-order valence-corrected chi connectivity index (χ4v) is 9.49. The topological polar surface area (TPSA) is 35.3 Å². The standard InChI is InChI=1S/C21H31NO2Si/c1-14(2)25(15(3)4,16(5)6)24-19-11-9-17(10-12-19)20-13-21(23-22-20)18-7-8-18/h9-16,18H,7-8H2,1-6H3. The third kappa shape index (κ3) is 3.55. The van der Waals surface area contributed by atoms with Gasteiger partial charge in [0.05, 0.1) is 0 Å². The fourth-order valence-electron chi connectivity index (χ4n) is 4.24. The van der Waals surface area contributed by atoms with Crippen LogP contribution in [-0.2, 0) is 0 Å². The molecule has 0 bridgehead atoms. The molecule has 0 unspecified atom stereocenters. The number of aromatic nitrogens is 1. The Hall–Kier alpha value is -1.55. The summed E-state index contributed by atoms with van der Waals surface area (Å²) in [5, 5.41) is 4.23. The number of hydrogen-bond acceptors (Lipinski definition) is 3. The molecule has 1 heterocycles. The number of rotatable bonds is 7. The second kappa shape index (κ2) is 6.98. The Morgan fingerprint density at radius 2 is 1.52 bits per heavy atom. The molecule has 1 fully saturated rings. The molecule has 0 spiro atoms. The lowest BCUT2D eigenvalue weighted by molar-refractivity contribution is 0.386. The molecule has 0 N–H and O–H groups in total. The van der Waals surface area contributed by atoms with Gasteiger partial charge in [-0.1, -0.05) is 46.7 Å². The van der Waals surface area contributed by atoms with E-state index in [0.717, 1.165) is 22.8 Å². The molecule has 0 aliphatic heterocycles. The predicted molar refractivity (Wildman–Crippen MR) is 106 cm³/mol. The van der Waals surface area contributed by atoms with E-state index in [2.05, 4.69) is 77.0 Å². The van der Waals surface area contributed by atoms with Crippen LogP contribution in [0, 0.1) is 0 Å². The number of nitrogens with zero attached hydrogens (tertiary/aromatic N) is 1. The second-order valence-corrected chi connectivity index (χ2v) is 13.7. The Balaban J connectivity index is 1.80. The highest BCUT2D eigenvalue weighted by Gasteiger charge is 2.46. The third-order valence-electron chi connectivity index (χ3n) is 5.66. The van der Waals surface area contributed by atoms with Gasteiger partial charge in [-0.3, -0.25) is 0 Å². The Labute approximate surface area is 152 Å². The molecular weight excluding hydrogens is 326 g/mol. The maximum Gasteiger partial charge on any atom is 0.258 e. The molecule has 0 saturated heterocycles. The van der Waals surface area contributed by atoms with Crippen molar-refractivity contribution >= 4 is 8.32 Å². The number of hydrogen-bond donors (Lipinski definition) is 0. The quantitative estimate of drug-likeness (QED) is 0.513. The van der Waals surface area contributed by atoms with Crippen molar-refractivity contribution in [3.05, 3.63) is 36.1 Å². The van der Waals surface area contributed by atoms with Gasteiger partial charge in [0.25, 0.3) is 8.32 Å². The average Bonchev–Trinajstić information content (AvgIpc) is 3.29. The van der Waals surface area contributed by atoms with E-state index in [1.807, 2.05) is 0 Å². The largest absolute Gasteiger partial charge is 0.543 e. The molecule has 4 heteroatoms. The third-order valence-corrected chi connectivity index (χ3v) is 11.7. The van der Waals surface area contributed by atoms with Crippen molar-refractivity contribution in [2.24, 2.45) is 0 Å². The highest BCUT2D eigenvalue weighted by Crippen LogP contribution is 2.43. The molecule has 1 aliphatic carbocycles. The average molecular weight is 358 g/mol. The van der Waals surface area contributed by atoms with Gasteiger partial charge < -0.3 is 8.95 Å². The zero-order chi connectivity index (χ0) is 18.2. The van der Waals surface area contributed by atoms with E-state index >= 15 is 0 Å². The summed E-state index contributed by atoms with van der Waals surface area (Å²) in [6.45, 7) is 13.9. The minimum atomic E-state index is -1.90. The Bertz CT molecular complexity index is 677. The van der Waals surface area contributed by atoms with Crippen LogP contribution in [0.4, 0.5) is 0 Å². The van der Waals surface area contributed by atoms with Crippen LogP contribution in [0.15, 0.2) is 34.9 Å². The first-order valence-corrected chi connectivity index (χ1v) is 11.7. The van der Waals surface area contributed by atoms with Crippen molar-refractivity contribution in [3.8, 4) is 17.0 Å². The predicted octanol–water partition coefficient (Wildman–Crippen LogP) is 6.77. The monoisotopic (exact) mass is 357 g/mol. The van der Waals surface area contributed by atoms with E-state index in [4.69, 9.17) is 8.95 Å². The summed E-state index contributed by atoms with van der Waals surface area (Å²) in [7, 11) is -1.90. The molecule has 1 aromatic heterocycles. The van der Waals surface area contributed by atoms with Crippen LogP contribution in [0.25, 0.3) is 11.3 Å². The first-order chi connectivity index (χ1) is 11.8. The summed E-state index contributed by atoms with van der Waals surface area (Å²) in [4.78, 5) is 0. The molecule has 0 atom stereocenters. The van der Waals surface area contributed by atoms with Gasteiger partial charge in [0.2, 0.25) is 0 Å². The van der Waals surface area contributed by atoms with Gasteiger partial charge in [0, 0.05) is 17.5 Å². The Kier molecular flexibility index (Phi) is 5.10. The van der Waals surface area contributed by atoms with E-state index in [-0.39, 0.29) is 0 Å². The van der Waals surface area contributed by atoms with Crippen molar-refractivity contribution in [1.82, 2.24) is 5.16 Å². The molecule has 1 aromatic carbocycles. The molecule has 1 saturated carbocycles. The lowest BCUT2D eigenvalue weighted by Gasteiger charge is -2.42. The van der Waals surface area contributed by atoms with E-state index in [1.54, 1.807) is 0 Å². The van der Waals surface area contributed by atoms with Crippen LogP contribution in [0.1, 0.15) is 66.1 Å². The van der Waals surface area contributed by atoms with E-state index in [1.165, 1.54) is 12.8 Å². The lowest BCUT2D eigenvalue weighted by atomic mass is 10.1. The van der Waals surface area contributed by atoms with Gasteiger partial charge in [-0.05, 0) is 53.7 Å². The van der Waals surface area contributed by atoms with Crippen LogP contribution in [0.3, 0.4) is 0 Å². The molecule has 0 amide bonds. The summed E-state index contributed by atoms with van der Waals surface area (Å²) < 4.78 is 12.2. The van der Waals surface area contributed by atoms with E-state index < -0.39 is 8.32 Å². The van der Waals surface area contributed by atoms with Gasteiger partial charge in [-0.15, -0.1) is 0 Å². The van der Waals surface area contributed by atoms with Gasteiger partial charge in [0.1, 0.15) is 17.2 Å². The smallest absolute Gasteiger partial charge is 0.258 e. The Morgan fingerprint density at radius 3 is 2.00 bits per heavy atom. The van der Waals surface area contributed by atoms with Crippen molar-refractivity contribution in [2.45, 2.75) is 76.9 Å². The maximum absolute atomic E-state index is 6.73. The van der Waals surface area contributed by atoms with Crippen molar-refractivity contribution < 1.29 is 8.95 Å². The van der Waals surface area contributed by atoms with Crippen LogP contribution in [0.2, 0.25) is 16.6 Å². The van der Waals surface area contributed by atoms with Crippen LogP contribution >= 0.6 is 0 Å². The molecule has 2 aromatic rings. The van der Waals surface area contributed by atoms with E-state index in [9.17, 15) is 0 Å². The van der Waals surface area contributed by atoms with Crippen LogP contribution in [-0.4, -0.2) is 13.5 Å². The minimum absolute atomic E-state index is 0.573. The highest BCUT2D eigenvalue weighted by atomic mass is 28.4. The van der Waals surface area contributed by atoms with Crippen LogP contribution < -0.4 is 4.43 Å². The summed E-state index contributed by atoms with van der Waals surface area (Å²) in [5.41, 5.74) is 3.74. The molecule has 3 rings (SSSR count). The normalized spacial score (nSPS) is 15.4. The molecule has 1 aliphatic rings. The first kappa shape index (κ1) is 18.2. The van der Waals surface area contributed by atoms with Crippen molar-refractivity contribution in [2.75, 3.05) is 0 Å². The maximum atomic E-state index is 6.73. The first-order valence-electron chi connectivity index (χ1n) is 9.60. The molecule has 25 heavy (non-hydrogen) atoms. The minimum Gasteiger partial charge on any atom is -0.543 e. The van der Waals surface area contributed by atoms with Gasteiger partial charge in [0.15, 0.2) is 0 Å².